The number of rotatable bonds is 6. The van der Waals surface area contributed by atoms with Crippen molar-refractivity contribution in [3.63, 3.8) is 0 Å². The first-order valence-electron chi connectivity index (χ1n) is 10.0. The molecule has 150 valence electrons. The van der Waals surface area contributed by atoms with E-state index in [1.54, 1.807) is 12.5 Å². The lowest BCUT2D eigenvalue weighted by molar-refractivity contribution is 0.0943. The molecule has 7 nitrogen and oxygen atoms in total. The third-order valence-corrected chi connectivity index (χ3v) is 4.69. The van der Waals surface area contributed by atoms with Crippen LogP contribution < -0.4 is 15.5 Å². The molecule has 0 aromatic carbocycles. The number of nitrogens with one attached hydrogen (secondary N) is 2. The third-order valence-electron chi connectivity index (χ3n) is 4.69. The van der Waals surface area contributed by atoms with Gasteiger partial charge in [0.2, 0.25) is 0 Å². The summed E-state index contributed by atoms with van der Waals surface area (Å²) in [6.45, 7) is 10.7. The fraction of sp³-hybridized carbons (Fsp3) is 0.524. The quantitative estimate of drug-likeness (QED) is 0.799. The molecule has 0 fully saturated rings. The Kier molecular flexibility index (Phi) is 6.44. The summed E-state index contributed by atoms with van der Waals surface area (Å²) in [6, 6.07) is 4.03. The van der Waals surface area contributed by atoms with Gasteiger partial charge in [-0.25, -0.2) is 15.0 Å². The van der Waals surface area contributed by atoms with Crippen LogP contribution in [0, 0.1) is 5.92 Å². The maximum atomic E-state index is 12.8. The number of amides is 1. The molecular weight excluding hydrogens is 352 g/mol. The number of nitrogens with zero attached hydrogens (tertiary/aromatic N) is 4. The molecule has 2 aromatic rings. The molecule has 0 saturated carbocycles. The van der Waals surface area contributed by atoms with Gasteiger partial charge >= 0.3 is 0 Å². The lowest BCUT2D eigenvalue weighted by atomic mass is 10.0. The Bertz CT molecular complexity index is 806. The first-order valence-corrected chi connectivity index (χ1v) is 10.0. The van der Waals surface area contributed by atoms with Gasteiger partial charge in [0.25, 0.3) is 5.91 Å². The summed E-state index contributed by atoms with van der Waals surface area (Å²) >= 11 is 0. The van der Waals surface area contributed by atoms with Crippen LogP contribution in [0.2, 0.25) is 0 Å². The lowest BCUT2D eigenvalue weighted by Crippen LogP contribution is -2.31. The molecule has 0 spiro atoms. The minimum absolute atomic E-state index is 0.0755. The van der Waals surface area contributed by atoms with Crippen LogP contribution in [0.5, 0.6) is 0 Å². The summed E-state index contributed by atoms with van der Waals surface area (Å²) in [5.41, 5.74) is 2.83. The Balaban J connectivity index is 1.87. The minimum Gasteiger partial charge on any atom is -0.369 e. The van der Waals surface area contributed by atoms with E-state index in [1.807, 2.05) is 26.0 Å². The van der Waals surface area contributed by atoms with Gasteiger partial charge in [0, 0.05) is 44.0 Å². The van der Waals surface area contributed by atoms with Crippen molar-refractivity contribution >= 4 is 17.5 Å². The monoisotopic (exact) mass is 382 g/mol. The fourth-order valence-corrected chi connectivity index (χ4v) is 3.28. The van der Waals surface area contributed by atoms with Gasteiger partial charge < -0.3 is 15.5 Å². The smallest absolute Gasteiger partial charge is 0.255 e. The van der Waals surface area contributed by atoms with Crippen molar-refractivity contribution in [2.24, 2.45) is 5.92 Å². The van der Waals surface area contributed by atoms with Crippen LogP contribution in [0.3, 0.4) is 0 Å². The van der Waals surface area contributed by atoms with Gasteiger partial charge in [-0.2, -0.15) is 0 Å². The number of anilines is 2. The largest absolute Gasteiger partial charge is 0.369 e. The van der Waals surface area contributed by atoms with E-state index in [0.717, 1.165) is 49.6 Å². The van der Waals surface area contributed by atoms with Gasteiger partial charge in [-0.15, -0.1) is 0 Å². The Labute approximate surface area is 167 Å². The average molecular weight is 383 g/mol. The van der Waals surface area contributed by atoms with E-state index in [4.69, 9.17) is 4.98 Å². The Hall–Kier alpha value is -2.70. The Morgan fingerprint density at radius 3 is 2.68 bits per heavy atom. The number of carbonyl (C=O) groups is 1. The average Bonchev–Trinajstić information content (AvgIpc) is 2.87. The normalized spacial score (nSPS) is 14.0. The number of carbonyl (C=O) groups excluding carboxylic acids is 1. The summed E-state index contributed by atoms with van der Waals surface area (Å²) in [7, 11) is 0. The van der Waals surface area contributed by atoms with E-state index < -0.39 is 0 Å². The summed E-state index contributed by atoms with van der Waals surface area (Å²) in [4.78, 5) is 28.2. The van der Waals surface area contributed by atoms with Gasteiger partial charge in [0.1, 0.15) is 18.0 Å². The first-order chi connectivity index (χ1) is 13.4. The van der Waals surface area contributed by atoms with E-state index in [0.29, 0.717) is 17.3 Å². The SMILES string of the molecule is CC(C)CNc1nc2c(cc1C(=O)NC(C)C)CCN(c1ccncn1)CC2. The molecular formula is C21H30N6O. The molecule has 0 aliphatic carbocycles. The Morgan fingerprint density at radius 1 is 1.21 bits per heavy atom. The number of hydrogen-bond donors (Lipinski definition) is 2. The number of fused-ring (bicyclic) bond motifs is 1. The molecule has 28 heavy (non-hydrogen) atoms. The van der Waals surface area contributed by atoms with Crippen LogP contribution in [0.15, 0.2) is 24.7 Å². The third kappa shape index (κ3) is 4.97. The second kappa shape index (κ2) is 8.99. The standard InChI is InChI=1S/C21H30N6O/c1-14(2)12-23-20-17(21(28)25-15(3)4)11-16-6-9-27(10-7-18(16)26-20)19-5-8-22-13-24-19/h5,8,11,13-15H,6-7,9-10,12H2,1-4H3,(H,23,26)(H,25,28). The summed E-state index contributed by atoms with van der Waals surface area (Å²) in [5, 5.41) is 6.37. The van der Waals surface area contributed by atoms with Gasteiger partial charge in [0.05, 0.1) is 5.56 Å². The van der Waals surface area contributed by atoms with Crippen molar-refractivity contribution in [2.45, 2.75) is 46.6 Å². The zero-order chi connectivity index (χ0) is 20.1. The highest BCUT2D eigenvalue weighted by Crippen LogP contribution is 2.23. The van der Waals surface area contributed by atoms with Gasteiger partial charge in [-0.3, -0.25) is 4.79 Å². The molecule has 7 heteroatoms. The molecule has 1 aliphatic heterocycles. The van der Waals surface area contributed by atoms with Gasteiger partial charge in [0.15, 0.2) is 0 Å². The summed E-state index contributed by atoms with van der Waals surface area (Å²) in [6.07, 6.45) is 5.00. The van der Waals surface area contributed by atoms with Crippen LogP contribution in [-0.2, 0) is 12.8 Å². The molecule has 1 aliphatic rings. The second-order valence-corrected chi connectivity index (χ2v) is 7.95. The van der Waals surface area contributed by atoms with E-state index in [9.17, 15) is 4.79 Å². The van der Waals surface area contributed by atoms with Crippen molar-refractivity contribution < 1.29 is 4.79 Å². The van der Waals surface area contributed by atoms with Gasteiger partial charge in [-0.1, -0.05) is 13.8 Å². The van der Waals surface area contributed by atoms with Crippen LogP contribution in [0.25, 0.3) is 0 Å². The number of pyridine rings is 1. The molecule has 1 amide bonds. The molecule has 3 heterocycles. The molecule has 0 saturated heterocycles. The maximum Gasteiger partial charge on any atom is 0.255 e. The van der Waals surface area contributed by atoms with Crippen molar-refractivity contribution in [3.05, 3.63) is 41.5 Å². The summed E-state index contributed by atoms with van der Waals surface area (Å²) in [5.74, 6) is 2.00. The highest BCUT2D eigenvalue weighted by molar-refractivity contribution is 5.99. The predicted octanol–water partition coefficient (Wildman–Crippen LogP) is 2.68. The van der Waals surface area contributed by atoms with Gasteiger partial charge in [-0.05, 0) is 43.9 Å². The predicted molar refractivity (Wildman–Crippen MR) is 112 cm³/mol. The van der Waals surface area contributed by atoms with Crippen LogP contribution in [0.1, 0.15) is 49.3 Å². The van der Waals surface area contributed by atoms with E-state index in [1.165, 1.54) is 0 Å². The molecule has 3 rings (SSSR count). The molecule has 0 atom stereocenters. The molecule has 2 N–H and O–H groups in total. The van der Waals surface area contributed by atoms with E-state index in [2.05, 4.69) is 39.3 Å². The molecule has 0 bridgehead atoms. The topological polar surface area (TPSA) is 83.0 Å². The highest BCUT2D eigenvalue weighted by atomic mass is 16.1. The van der Waals surface area contributed by atoms with Crippen LogP contribution in [0.4, 0.5) is 11.6 Å². The van der Waals surface area contributed by atoms with Crippen molar-refractivity contribution in [3.8, 4) is 0 Å². The minimum atomic E-state index is -0.0755. The molecule has 2 aromatic heterocycles. The van der Waals surface area contributed by atoms with Crippen LogP contribution >= 0.6 is 0 Å². The fourth-order valence-electron chi connectivity index (χ4n) is 3.28. The van der Waals surface area contributed by atoms with E-state index in [-0.39, 0.29) is 11.9 Å². The molecule has 0 radical (unpaired) electrons. The zero-order valence-electron chi connectivity index (χ0n) is 17.2. The Morgan fingerprint density at radius 2 is 2.00 bits per heavy atom. The van der Waals surface area contributed by atoms with E-state index >= 15 is 0 Å². The number of hydrogen-bond acceptors (Lipinski definition) is 6. The second-order valence-electron chi connectivity index (χ2n) is 7.95. The summed E-state index contributed by atoms with van der Waals surface area (Å²) < 4.78 is 0. The zero-order valence-corrected chi connectivity index (χ0v) is 17.2. The van der Waals surface area contributed by atoms with Crippen molar-refractivity contribution in [1.29, 1.82) is 0 Å². The first kappa shape index (κ1) is 20.0. The number of aromatic nitrogens is 3. The lowest BCUT2D eigenvalue weighted by Gasteiger charge is -2.20. The van der Waals surface area contributed by atoms with Crippen LogP contribution in [-0.4, -0.2) is 46.5 Å². The maximum absolute atomic E-state index is 12.8. The van der Waals surface area contributed by atoms with Crippen molar-refractivity contribution in [1.82, 2.24) is 20.3 Å². The highest BCUT2D eigenvalue weighted by Gasteiger charge is 2.21. The molecule has 0 unspecified atom stereocenters. The van der Waals surface area contributed by atoms with Crippen molar-refractivity contribution in [2.75, 3.05) is 29.9 Å².